The van der Waals surface area contributed by atoms with Crippen molar-refractivity contribution in [1.29, 1.82) is 0 Å². The number of carbonyl (C=O) groups excluding carboxylic acids is 1. The van der Waals surface area contributed by atoms with Crippen molar-refractivity contribution in [2.75, 3.05) is 11.6 Å². The van der Waals surface area contributed by atoms with E-state index >= 15 is 0 Å². The van der Waals surface area contributed by atoms with Gasteiger partial charge in [-0.2, -0.15) is 0 Å². The SMILES string of the molecule is CCC(N)C(=O)Nc1cc(S(C)(=O)=O)ccc1F. The number of hydrogen-bond donors (Lipinski definition) is 2. The molecule has 1 aromatic carbocycles. The summed E-state index contributed by atoms with van der Waals surface area (Å²) in [5.74, 6) is -1.26. The van der Waals surface area contributed by atoms with Gasteiger partial charge in [0.1, 0.15) is 5.82 Å². The van der Waals surface area contributed by atoms with Crippen LogP contribution in [-0.4, -0.2) is 26.6 Å². The summed E-state index contributed by atoms with van der Waals surface area (Å²) in [6.07, 6.45) is 1.41. The summed E-state index contributed by atoms with van der Waals surface area (Å²) in [4.78, 5) is 11.4. The number of benzene rings is 1. The van der Waals surface area contributed by atoms with E-state index in [0.29, 0.717) is 6.42 Å². The van der Waals surface area contributed by atoms with Crippen LogP contribution in [0.5, 0.6) is 0 Å². The van der Waals surface area contributed by atoms with Crippen molar-refractivity contribution in [2.45, 2.75) is 24.3 Å². The van der Waals surface area contributed by atoms with E-state index in [1.807, 2.05) is 0 Å². The van der Waals surface area contributed by atoms with Crippen LogP contribution in [0.1, 0.15) is 13.3 Å². The number of carbonyl (C=O) groups is 1. The van der Waals surface area contributed by atoms with E-state index in [4.69, 9.17) is 5.73 Å². The first kappa shape index (κ1) is 14.6. The minimum atomic E-state index is -3.45. The predicted molar refractivity (Wildman–Crippen MR) is 66.4 cm³/mol. The molecule has 3 N–H and O–H groups in total. The molecule has 0 radical (unpaired) electrons. The van der Waals surface area contributed by atoms with E-state index in [-0.39, 0.29) is 10.6 Å². The Morgan fingerprint density at radius 2 is 2.11 bits per heavy atom. The maximum Gasteiger partial charge on any atom is 0.241 e. The Labute approximate surface area is 105 Å². The predicted octanol–water partition coefficient (Wildman–Crippen LogP) is 0.905. The topological polar surface area (TPSA) is 89.3 Å². The lowest BCUT2D eigenvalue weighted by Crippen LogP contribution is -2.35. The molecule has 0 spiro atoms. The highest BCUT2D eigenvalue weighted by atomic mass is 32.2. The Balaban J connectivity index is 3.06. The Hall–Kier alpha value is -1.47. The van der Waals surface area contributed by atoms with Crippen molar-refractivity contribution < 1.29 is 17.6 Å². The highest BCUT2D eigenvalue weighted by Gasteiger charge is 2.16. The molecule has 18 heavy (non-hydrogen) atoms. The van der Waals surface area contributed by atoms with Gasteiger partial charge in [0.05, 0.1) is 16.6 Å². The minimum absolute atomic E-state index is 0.0655. The van der Waals surface area contributed by atoms with Gasteiger partial charge in [-0.05, 0) is 24.6 Å². The maximum atomic E-state index is 13.4. The molecule has 0 heterocycles. The van der Waals surface area contributed by atoms with Crippen LogP contribution in [0.4, 0.5) is 10.1 Å². The molecule has 0 aliphatic heterocycles. The first-order valence-electron chi connectivity index (χ1n) is 5.31. The van der Waals surface area contributed by atoms with Gasteiger partial charge < -0.3 is 11.1 Å². The van der Waals surface area contributed by atoms with Crippen LogP contribution < -0.4 is 11.1 Å². The first-order valence-corrected chi connectivity index (χ1v) is 7.21. The fraction of sp³-hybridized carbons (Fsp3) is 0.364. The number of anilines is 1. The number of nitrogens with one attached hydrogen (secondary N) is 1. The third-order valence-electron chi connectivity index (χ3n) is 2.40. The number of amides is 1. The smallest absolute Gasteiger partial charge is 0.241 e. The summed E-state index contributed by atoms with van der Waals surface area (Å²) in [5, 5.41) is 2.27. The highest BCUT2D eigenvalue weighted by molar-refractivity contribution is 7.90. The largest absolute Gasteiger partial charge is 0.322 e. The molecule has 0 aromatic heterocycles. The Morgan fingerprint density at radius 1 is 1.50 bits per heavy atom. The second kappa shape index (κ2) is 5.45. The van der Waals surface area contributed by atoms with E-state index < -0.39 is 27.6 Å². The lowest BCUT2D eigenvalue weighted by Gasteiger charge is -2.11. The molecule has 1 aromatic rings. The van der Waals surface area contributed by atoms with Crippen LogP contribution in [0, 0.1) is 5.82 Å². The van der Waals surface area contributed by atoms with Gasteiger partial charge >= 0.3 is 0 Å². The summed E-state index contributed by atoms with van der Waals surface area (Å²) in [6.45, 7) is 1.72. The number of hydrogen-bond acceptors (Lipinski definition) is 4. The first-order chi connectivity index (χ1) is 8.25. The second-order valence-electron chi connectivity index (χ2n) is 3.92. The minimum Gasteiger partial charge on any atom is -0.322 e. The standard InChI is InChI=1S/C11H15FN2O3S/c1-3-9(13)11(15)14-10-6-7(18(2,16)17)4-5-8(10)12/h4-6,9H,3,13H2,1-2H3,(H,14,15). The summed E-state index contributed by atoms with van der Waals surface area (Å²) in [6, 6.07) is 2.44. The molecule has 1 unspecified atom stereocenters. The molecule has 1 amide bonds. The van der Waals surface area contributed by atoms with Crippen molar-refractivity contribution >= 4 is 21.4 Å². The number of halogens is 1. The highest BCUT2D eigenvalue weighted by Crippen LogP contribution is 2.19. The van der Waals surface area contributed by atoms with Crippen LogP contribution in [0.2, 0.25) is 0 Å². The summed E-state index contributed by atoms with van der Waals surface area (Å²) in [5.41, 5.74) is 5.30. The fourth-order valence-electron chi connectivity index (χ4n) is 1.24. The molecule has 5 nitrogen and oxygen atoms in total. The quantitative estimate of drug-likeness (QED) is 0.798. The molecule has 0 aliphatic carbocycles. The van der Waals surface area contributed by atoms with E-state index in [1.165, 1.54) is 0 Å². The van der Waals surface area contributed by atoms with Crippen LogP contribution in [-0.2, 0) is 14.6 Å². The van der Waals surface area contributed by atoms with E-state index in [1.54, 1.807) is 6.92 Å². The van der Waals surface area contributed by atoms with Crippen molar-refractivity contribution in [2.24, 2.45) is 5.73 Å². The van der Waals surface area contributed by atoms with Crippen LogP contribution in [0.25, 0.3) is 0 Å². The van der Waals surface area contributed by atoms with Crippen molar-refractivity contribution in [3.05, 3.63) is 24.0 Å². The Kier molecular flexibility index (Phi) is 4.42. The lowest BCUT2D eigenvalue weighted by atomic mass is 10.2. The van der Waals surface area contributed by atoms with Gasteiger partial charge in [0.2, 0.25) is 5.91 Å². The van der Waals surface area contributed by atoms with Gasteiger partial charge in [-0.1, -0.05) is 6.92 Å². The molecule has 1 rings (SSSR count). The monoisotopic (exact) mass is 274 g/mol. The Morgan fingerprint density at radius 3 is 2.61 bits per heavy atom. The molecule has 0 saturated heterocycles. The van der Waals surface area contributed by atoms with Crippen LogP contribution in [0.15, 0.2) is 23.1 Å². The van der Waals surface area contributed by atoms with E-state index in [9.17, 15) is 17.6 Å². The average Bonchev–Trinajstić information content (AvgIpc) is 2.29. The van der Waals surface area contributed by atoms with Gasteiger partial charge in [0, 0.05) is 6.26 Å². The second-order valence-corrected chi connectivity index (χ2v) is 5.93. The normalized spacial score (nSPS) is 13.1. The number of nitrogens with two attached hydrogens (primary N) is 1. The summed E-state index contributed by atoms with van der Waals surface area (Å²) >= 11 is 0. The molecule has 0 bridgehead atoms. The molecule has 0 aliphatic rings. The Bertz CT molecular complexity index is 557. The third kappa shape index (κ3) is 3.51. The van der Waals surface area contributed by atoms with Gasteiger partial charge in [0.25, 0.3) is 0 Å². The number of sulfone groups is 1. The van der Waals surface area contributed by atoms with Crippen molar-refractivity contribution in [1.82, 2.24) is 0 Å². The summed E-state index contributed by atoms with van der Waals surface area (Å²) in [7, 11) is -3.45. The van der Waals surface area contributed by atoms with Crippen molar-refractivity contribution in [3.63, 3.8) is 0 Å². The van der Waals surface area contributed by atoms with Gasteiger partial charge in [0.15, 0.2) is 9.84 Å². The maximum absolute atomic E-state index is 13.4. The zero-order valence-electron chi connectivity index (χ0n) is 10.1. The van der Waals surface area contributed by atoms with Gasteiger partial charge in [-0.25, -0.2) is 12.8 Å². The zero-order valence-corrected chi connectivity index (χ0v) is 10.9. The van der Waals surface area contributed by atoms with E-state index in [0.717, 1.165) is 24.5 Å². The molecule has 100 valence electrons. The molecule has 7 heteroatoms. The van der Waals surface area contributed by atoms with Crippen LogP contribution >= 0.6 is 0 Å². The molecular formula is C11H15FN2O3S. The van der Waals surface area contributed by atoms with Gasteiger partial charge in [-0.3, -0.25) is 4.79 Å². The van der Waals surface area contributed by atoms with Crippen molar-refractivity contribution in [3.8, 4) is 0 Å². The van der Waals surface area contributed by atoms with Crippen LogP contribution in [0.3, 0.4) is 0 Å². The van der Waals surface area contributed by atoms with Gasteiger partial charge in [-0.15, -0.1) is 0 Å². The molecule has 0 saturated carbocycles. The summed E-state index contributed by atoms with van der Waals surface area (Å²) < 4.78 is 36.1. The zero-order chi connectivity index (χ0) is 13.9. The average molecular weight is 274 g/mol. The number of rotatable bonds is 4. The third-order valence-corrected chi connectivity index (χ3v) is 3.51. The van der Waals surface area contributed by atoms with E-state index in [2.05, 4.69) is 5.32 Å². The molecule has 1 atom stereocenters. The molecular weight excluding hydrogens is 259 g/mol. The molecule has 0 fully saturated rings. The fourth-order valence-corrected chi connectivity index (χ4v) is 1.89. The lowest BCUT2D eigenvalue weighted by molar-refractivity contribution is -0.117.